The van der Waals surface area contributed by atoms with Gasteiger partial charge < -0.3 is 11.1 Å². The second-order valence-electron chi connectivity index (χ2n) is 4.98. The van der Waals surface area contributed by atoms with Crippen molar-refractivity contribution in [3.05, 3.63) is 21.4 Å². The zero-order valence-corrected chi connectivity index (χ0v) is 12.8. The maximum absolute atomic E-state index is 12.2. The first kappa shape index (κ1) is 14.5. The molecule has 1 aromatic rings. The van der Waals surface area contributed by atoms with Crippen molar-refractivity contribution in [2.24, 2.45) is 5.73 Å². The van der Waals surface area contributed by atoms with Crippen molar-refractivity contribution in [1.82, 2.24) is 5.32 Å². The molecule has 19 heavy (non-hydrogen) atoms. The van der Waals surface area contributed by atoms with Crippen molar-refractivity contribution >= 4 is 34.5 Å². The highest BCUT2D eigenvalue weighted by Gasteiger charge is 2.20. The summed E-state index contributed by atoms with van der Waals surface area (Å²) in [7, 11) is 0. The van der Waals surface area contributed by atoms with Crippen LogP contribution in [-0.4, -0.2) is 16.9 Å². The number of carbonyl (C=O) groups is 1. The van der Waals surface area contributed by atoms with Crippen LogP contribution >= 0.6 is 23.6 Å². The topological polar surface area (TPSA) is 55.1 Å². The number of amides is 1. The molecule has 1 unspecified atom stereocenters. The Kier molecular flexibility index (Phi) is 4.93. The summed E-state index contributed by atoms with van der Waals surface area (Å²) >= 11 is 6.62. The predicted molar refractivity (Wildman–Crippen MR) is 83.9 cm³/mol. The molecule has 1 amide bonds. The van der Waals surface area contributed by atoms with Crippen molar-refractivity contribution in [2.45, 2.75) is 51.5 Å². The second kappa shape index (κ2) is 6.48. The first-order valence-electron chi connectivity index (χ1n) is 6.83. The number of nitrogens with two attached hydrogens (primary N) is 1. The lowest BCUT2D eigenvalue weighted by atomic mass is 9.99. The van der Waals surface area contributed by atoms with E-state index in [2.05, 4.69) is 12.2 Å². The quantitative estimate of drug-likeness (QED) is 0.822. The minimum absolute atomic E-state index is 0.0364. The van der Waals surface area contributed by atoms with Crippen molar-refractivity contribution < 1.29 is 4.79 Å². The fraction of sp³-hybridized carbons (Fsp3) is 0.571. The van der Waals surface area contributed by atoms with E-state index in [-0.39, 0.29) is 11.9 Å². The third-order valence-corrected chi connectivity index (χ3v) is 4.97. The van der Waals surface area contributed by atoms with Gasteiger partial charge in [0.25, 0.3) is 5.91 Å². The maximum Gasteiger partial charge on any atom is 0.261 e. The van der Waals surface area contributed by atoms with Gasteiger partial charge in [-0.15, -0.1) is 11.3 Å². The number of aryl methyl sites for hydroxylation is 2. The highest BCUT2D eigenvalue weighted by atomic mass is 32.1. The number of hydrogen-bond donors (Lipinski definition) is 2. The minimum atomic E-state index is -0.188. The molecule has 0 fully saturated rings. The number of thiocarbonyl (C=S) groups is 1. The zero-order chi connectivity index (χ0) is 13.8. The predicted octanol–water partition coefficient (Wildman–Crippen LogP) is 2.81. The van der Waals surface area contributed by atoms with Gasteiger partial charge in [0.1, 0.15) is 0 Å². The molecule has 1 aliphatic rings. The Balaban J connectivity index is 2.06. The molecule has 104 valence electrons. The van der Waals surface area contributed by atoms with Crippen LogP contribution in [0.15, 0.2) is 6.07 Å². The molecular formula is C14H20N2OS2. The second-order valence-corrected chi connectivity index (χ2v) is 6.59. The van der Waals surface area contributed by atoms with Gasteiger partial charge in [0.15, 0.2) is 0 Å². The first-order chi connectivity index (χ1) is 9.11. The van der Waals surface area contributed by atoms with Crippen molar-refractivity contribution in [2.75, 3.05) is 0 Å². The number of fused-ring (bicyclic) bond motifs is 1. The molecule has 0 aromatic carbocycles. The van der Waals surface area contributed by atoms with E-state index in [4.69, 9.17) is 18.0 Å². The van der Waals surface area contributed by atoms with Crippen LogP contribution in [0.2, 0.25) is 0 Å². The third kappa shape index (κ3) is 3.54. The molecule has 0 spiro atoms. The van der Waals surface area contributed by atoms with Crippen LogP contribution in [-0.2, 0) is 12.8 Å². The number of rotatable bonds is 5. The average molecular weight is 296 g/mol. The Labute approximate surface area is 123 Å². The maximum atomic E-state index is 12.2. The molecule has 0 radical (unpaired) electrons. The Bertz CT molecular complexity index is 458. The summed E-state index contributed by atoms with van der Waals surface area (Å²) < 4.78 is 0. The van der Waals surface area contributed by atoms with Crippen molar-refractivity contribution in [1.29, 1.82) is 0 Å². The lowest BCUT2D eigenvalue weighted by molar-refractivity contribution is 0.0949. The lowest BCUT2D eigenvalue weighted by Crippen LogP contribution is -2.43. The van der Waals surface area contributed by atoms with Crippen molar-refractivity contribution in [3.8, 4) is 0 Å². The number of carbonyl (C=O) groups excluding carboxylic acids is 1. The van der Waals surface area contributed by atoms with Gasteiger partial charge in [-0.1, -0.05) is 25.6 Å². The van der Waals surface area contributed by atoms with Crippen LogP contribution in [0.5, 0.6) is 0 Å². The van der Waals surface area contributed by atoms with E-state index in [9.17, 15) is 4.79 Å². The van der Waals surface area contributed by atoms with Crippen LogP contribution in [0.1, 0.15) is 52.7 Å². The monoisotopic (exact) mass is 296 g/mol. The Morgan fingerprint density at radius 1 is 1.53 bits per heavy atom. The fourth-order valence-electron chi connectivity index (χ4n) is 2.41. The molecule has 2 rings (SSSR count). The van der Waals surface area contributed by atoms with E-state index < -0.39 is 0 Å². The van der Waals surface area contributed by atoms with E-state index in [1.54, 1.807) is 11.3 Å². The van der Waals surface area contributed by atoms with Gasteiger partial charge in [-0.25, -0.2) is 0 Å². The summed E-state index contributed by atoms with van der Waals surface area (Å²) in [6.07, 6.45) is 6.43. The van der Waals surface area contributed by atoms with Crippen molar-refractivity contribution in [3.63, 3.8) is 0 Å². The van der Waals surface area contributed by atoms with Crippen LogP contribution in [0.4, 0.5) is 0 Å². The molecule has 0 bridgehead atoms. The van der Waals surface area contributed by atoms with E-state index >= 15 is 0 Å². The summed E-state index contributed by atoms with van der Waals surface area (Å²) in [6, 6.07) is 1.85. The average Bonchev–Trinajstić information content (AvgIpc) is 2.81. The molecule has 1 heterocycles. The summed E-state index contributed by atoms with van der Waals surface area (Å²) in [5.74, 6) is -0.0364. The van der Waals surface area contributed by atoms with Gasteiger partial charge in [-0.05, 0) is 43.7 Å². The largest absolute Gasteiger partial charge is 0.392 e. The lowest BCUT2D eigenvalue weighted by Gasteiger charge is -2.15. The highest BCUT2D eigenvalue weighted by Crippen LogP contribution is 2.29. The van der Waals surface area contributed by atoms with Gasteiger partial charge in [0, 0.05) is 4.88 Å². The normalized spacial score (nSPS) is 15.6. The molecule has 5 heteroatoms. The van der Waals surface area contributed by atoms with E-state index in [1.165, 1.54) is 23.3 Å². The van der Waals surface area contributed by atoms with Crippen LogP contribution < -0.4 is 11.1 Å². The molecule has 1 aromatic heterocycles. The highest BCUT2D eigenvalue weighted by molar-refractivity contribution is 7.80. The van der Waals surface area contributed by atoms with E-state index in [0.29, 0.717) is 4.99 Å². The zero-order valence-electron chi connectivity index (χ0n) is 11.2. The van der Waals surface area contributed by atoms with Gasteiger partial charge >= 0.3 is 0 Å². The molecule has 0 aliphatic heterocycles. The summed E-state index contributed by atoms with van der Waals surface area (Å²) in [6.45, 7) is 2.06. The molecule has 3 nitrogen and oxygen atoms in total. The Morgan fingerprint density at radius 3 is 2.89 bits per heavy atom. The van der Waals surface area contributed by atoms with E-state index in [1.807, 2.05) is 6.07 Å². The molecule has 0 saturated heterocycles. The molecule has 0 saturated carbocycles. The third-order valence-electron chi connectivity index (χ3n) is 3.45. The van der Waals surface area contributed by atoms with Gasteiger partial charge in [0.05, 0.1) is 15.9 Å². The summed E-state index contributed by atoms with van der Waals surface area (Å²) in [5, 5.41) is 2.95. The minimum Gasteiger partial charge on any atom is -0.392 e. The first-order valence-corrected chi connectivity index (χ1v) is 8.06. The molecule has 1 atom stereocenters. The number of thiophene rings is 1. The smallest absolute Gasteiger partial charge is 0.261 e. The van der Waals surface area contributed by atoms with Crippen LogP contribution in [0, 0.1) is 0 Å². The standard InChI is InChI=1S/C14H20N2OS2/c1-2-5-10(13(15)18)16-14(17)12-8-9-6-3-4-7-11(9)19-12/h8,10H,2-7H2,1H3,(H2,15,18)(H,16,17). The van der Waals surface area contributed by atoms with Crippen LogP contribution in [0.3, 0.4) is 0 Å². The Morgan fingerprint density at radius 2 is 2.26 bits per heavy atom. The number of hydrogen-bond acceptors (Lipinski definition) is 3. The SMILES string of the molecule is CCCC(NC(=O)c1cc2c(s1)CCCC2)C(N)=S. The van der Waals surface area contributed by atoms with E-state index in [0.717, 1.165) is 30.6 Å². The Hall–Kier alpha value is -0.940. The van der Waals surface area contributed by atoms with Gasteiger partial charge in [0.2, 0.25) is 0 Å². The fourth-order valence-corrected chi connectivity index (χ4v) is 3.74. The molecular weight excluding hydrogens is 276 g/mol. The van der Waals surface area contributed by atoms with Gasteiger partial charge in [-0.3, -0.25) is 4.79 Å². The van der Waals surface area contributed by atoms with Gasteiger partial charge in [-0.2, -0.15) is 0 Å². The molecule has 1 aliphatic carbocycles. The summed E-state index contributed by atoms with van der Waals surface area (Å²) in [4.78, 5) is 14.8. The summed E-state index contributed by atoms with van der Waals surface area (Å²) in [5.41, 5.74) is 7.02. The molecule has 3 N–H and O–H groups in total. The number of nitrogens with one attached hydrogen (secondary N) is 1. The van der Waals surface area contributed by atoms with Crippen LogP contribution in [0.25, 0.3) is 0 Å².